The van der Waals surface area contributed by atoms with E-state index in [0.717, 1.165) is 18.4 Å². The zero-order chi connectivity index (χ0) is 21.8. The summed E-state index contributed by atoms with van der Waals surface area (Å²) in [6.45, 7) is 5.09. The van der Waals surface area contributed by atoms with Crippen molar-refractivity contribution < 1.29 is 14.0 Å². The number of hydrogen-bond acceptors (Lipinski definition) is 4. The van der Waals surface area contributed by atoms with Crippen LogP contribution in [0.4, 0.5) is 0 Å². The van der Waals surface area contributed by atoms with Crippen LogP contribution in [0.3, 0.4) is 0 Å². The van der Waals surface area contributed by atoms with Crippen molar-refractivity contribution in [3.63, 3.8) is 0 Å². The highest BCUT2D eigenvalue weighted by molar-refractivity contribution is 7.10. The number of benzene rings is 1. The lowest BCUT2D eigenvalue weighted by atomic mass is 9.90. The summed E-state index contributed by atoms with van der Waals surface area (Å²) in [7, 11) is 0. The summed E-state index contributed by atoms with van der Waals surface area (Å²) in [6, 6.07) is 13.9. The largest absolute Gasteiger partial charge is 0.467 e. The monoisotopic (exact) mass is 436 g/mol. The Morgan fingerprint density at radius 1 is 1.16 bits per heavy atom. The molecule has 1 atom stereocenters. The summed E-state index contributed by atoms with van der Waals surface area (Å²) in [5, 5.41) is 2.11. The predicted molar refractivity (Wildman–Crippen MR) is 122 cm³/mol. The van der Waals surface area contributed by atoms with Gasteiger partial charge in [-0.3, -0.25) is 9.59 Å². The van der Waals surface area contributed by atoms with Crippen LogP contribution in [0.1, 0.15) is 53.1 Å². The molecule has 1 unspecified atom stereocenters. The smallest absolute Gasteiger partial charge is 0.243 e. The molecule has 0 bridgehead atoms. The number of carbonyl (C=O) groups excluding carboxylic acids is 2. The SMILES string of the molecule is CCCC(=O)N(CC(=O)N1CCc2sccc2C1c1ccccc1C)Cc1ccco1. The maximum absolute atomic E-state index is 13.6. The fourth-order valence-corrected chi connectivity index (χ4v) is 5.17. The molecule has 1 aliphatic heterocycles. The van der Waals surface area contributed by atoms with Gasteiger partial charge >= 0.3 is 0 Å². The minimum Gasteiger partial charge on any atom is -0.467 e. The van der Waals surface area contributed by atoms with Crippen LogP contribution in [0.2, 0.25) is 0 Å². The van der Waals surface area contributed by atoms with Crippen LogP contribution < -0.4 is 0 Å². The van der Waals surface area contributed by atoms with Crippen molar-refractivity contribution in [1.82, 2.24) is 9.80 Å². The molecule has 0 N–H and O–H groups in total. The highest BCUT2D eigenvalue weighted by Gasteiger charge is 2.34. The molecule has 4 rings (SSSR count). The summed E-state index contributed by atoms with van der Waals surface area (Å²) in [6.07, 6.45) is 3.61. The molecule has 0 saturated carbocycles. The van der Waals surface area contributed by atoms with Gasteiger partial charge in [0.2, 0.25) is 11.8 Å². The lowest BCUT2D eigenvalue weighted by Crippen LogP contribution is -2.46. The van der Waals surface area contributed by atoms with Crippen LogP contribution >= 0.6 is 11.3 Å². The minimum atomic E-state index is -0.115. The zero-order valence-corrected chi connectivity index (χ0v) is 18.9. The third kappa shape index (κ3) is 4.59. The van der Waals surface area contributed by atoms with Gasteiger partial charge in [0.25, 0.3) is 0 Å². The third-order valence-electron chi connectivity index (χ3n) is 5.84. The molecule has 6 heteroatoms. The molecule has 31 heavy (non-hydrogen) atoms. The quantitative estimate of drug-likeness (QED) is 0.526. The van der Waals surface area contributed by atoms with E-state index in [4.69, 9.17) is 4.42 Å². The van der Waals surface area contributed by atoms with E-state index < -0.39 is 0 Å². The van der Waals surface area contributed by atoms with Crippen LogP contribution in [0, 0.1) is 6.92 Å². The second kappa shape index (κ2) is 9.52. The summed E-state index contributed by atoms with van der Waals surface area (Å²) in [4.78, 5) is 31.3. The first kappa shape index (κ1) is 21.4. The van der Waals surface area contributed by atoms with E-state index in [9.17, 15) is 9.59 Å². The van der Waals surface area contributed by atoms with E-state index in [-0.39, 0.29) is 24.4 Å². The molecular formula is C25H28N2O3S. The van der Waals surface area contributed by atoms with Gasteiger partial charge in [0, 0.05) is 17.8 Å². The second-order valence-corrected chi connectivity index (χ2v) is 8.98. The van der Waals surface area contributed by atoms with Crippen molar-refractivity contribution in [3.8, 4) is 0 Å². The summed E-state index contributed by atoms with van der Waals surface area (Å²) < 4.78 is 5.44. The first-order valence-corrected chi connectivity index (χ1v) is 11.7. The van der Waals surface area contributed by atoms with Crippen molar-refractivity contribution in [2.24, 2.45) is 0 Å². The Balaban J connectivity index is 1.62. The molecule has 0 radical (unpaired) electrons. The highest BCUT2D eigenvalue weighted by Crippen LogP contribution is 2.39. The number of fused-ring (bicyclic) bond motifs is 1. The minimum absolute atomic E-state index is 0.0204. The maximum Gasteiger partial charge on any atom is 0.243 e. The zero-order valence-electron chi connectivity index (χ0n) is 18.0. The number of amides is 2. The van der Waals surface area contributed by atoms with Gasteiger partial charge in [0.05, 0.1) is 18.8 Å². The molecule has 1 aliphatic rings. The standard InChI is InChI=1S/C25H28N2O3S/c1-3-7-23(28)26(16-19-9-6-14-30-19)17-24(29)27-13-11-22-21(12-15-31-22)25(27)20-10-5-4-8-18(20)2/h4-6,8-10,12,14-15,25H,3,7,11,13,16-17H2,1-2H3. The van der Waals surface area contributed by atoms with E-state index in [1.54, 1.807) is 28.6 Å². The molecule has 162 valence electrons. The fourth-order valence-electron chi connectivity index (χ4n) is 4.26. The Morgan fingerprint density at radius 2 is 2.00 bits per heavy atom. The fraction of sp³-hybridized carbons (Fsp3) is 0.360. The van der Waals surface area contributed by atoms with E-state index in [1.807, 2.05) is 30.0 Å². The highest BCUT2D eigenvalue weighted by atomic mass is 32.1. The molecule has 5 nitrogen and oxygen atoms in total. The molecule has 0 spiro atoms. The average Bonchev–Trinajstić information content (AvgIpc) is 3.45. The third-order valence-corrected chi connectivity index (χ3v) is 6.84. The molecule has 0 saturated heterocycles. The van der Waals surface area contributed by atoms with E-state index >= 15 is 0 Å². The summed E-state index contributed by atoms with van der Waals surface area (Å²) >= 11 is 1.76. The Kier molecular flexibility index (Phi) is 6.56. The van der Waals surface area contributed by atoms with Crippen LogP contribution in [0.5, 0.6) is 0 Å². The Bertz CT molecular complexity index is 1040. The van der Waals surface area contributed by atoms with E-state index in [1.165, 1.54) is 16.0 Å². The number of hydrogen-bond donors (Lipinski definition) is 0. The van der Waals surface area contributed by atoms with Gasteiger partial charge in [0.15, 0.2) is 0 Å². The number of furan rings is 1. The van der Waals surface area contributed by atoms with E-state index in [2.05, 4.69) is 30.5 Å². The van der Waals surface area contributed by atoms with Crippen LogP contribution in [0.15, 0.2) is 58.5 Å². The van der Waals surface area contributed by atoms with Crippen LogP contribution in [0.25, 0.3) is 0 Å². The Labute approximate surface area is 187 Å². The first-order valence-electron chi connectivity index (χ1n) is 10.8. The van der Waals surface area contributed by atoms with Crippen molar-refractivity contribution in [1.29, 1.82) is 0 Å². The molecule has 3 heterocycles. The molecular weight excluding hydrogens is 408 g/mol. The van der Waals surface area contributed by atoms with Gasteiger partial charge in [-0.1, -0.05) is 31.2 Å². The molecule has 0 aliphatic carbocycles. The summed E-state index contributed by atoms with van der Waals surface area (Å²) in [5.74, 6) is 0.639. The van der Waals surface area contributed by atoms with E-state index in [0.29, 0.717) is 25.3 Å². The van der Waals surface area contributed by atoms with Crippen molar-refractivity contribution in [2.45, 2.75) is 45.7 Å². The van der Waals surface area contributed by atoms with Gasteiger partial charge in [-0.05, 0) is 60.0 Å². The van der Waals surface area contributed by atoms with Gasteiger partial charge in [-0.15, -0.1) is 11.3 Å². The lowest BCUT2D eigenvalue weighted by Gasteiger charge is -2.38. The summed E-state index contributed by atoms with van der Waals surface area (Å²) in [5.41, 5.74) is 3.52. The van der Waals surface area contributed by atoms with Crippen molar-refractivity contribution in [2.75, 3.05) is 13.1 Å². The van der Waals surface area contributed by atoms with Gasteiger partial charge in [-0.2, -0.15) is 0 Å². The van der Waals surface area contributed by atoms with Crippen molar-refractivity contribution in [3.05, 3.63) is 81.4 Å². The van der Waals surface area contributed by atoms with Gasteiger partial charge < -0.3 is 14.2 Å². The Morgan fingerprint density at radius 3 is 2.74 bits per heavy atom. The lowest BCUT2D eigenvalue weighted by molar-refractivity contribution is -0.142. The number of aryl methyl sites for hydroxylation is 1. The number of rotatable bonds is 7. The van der Waals surface area contributed by atoms with Gasteiger partial charge in [0.1, 0.15) is 12.3 Å². The second-order valence-electron chi connectivity index (χ2n) is 7.97. The van der Waals surface area contributed by atoms with Crippen molar-refractivity contribution >= 4 is 23.2 Å². The molecule has 0 fully saturated rings. The van der Waals surface area contributed by atoms with Gasteiger partial charge in [-0.25, -0.2) is 0 Å². The molecule has 2 aromatic heterocycles. The molecule has 1 aromatic carbocycles. The molecule has 3 aromatic rings. The number of thiophene rings is 1. The predicted octanol–water partition coefficient (Wildman–Crippen LogP) is 4.95. The Hall–Kier alpha value is -2.86. The maximum atomic E-state index is 13.6. The topological polar surface area (TPSA) is 53.8 Å². The first-order chi connectivity index (χ1) is 15.1. The number of carbonyl (C=O) groups is 2. The molecule has 2 amide bonds. The number of nitrogens with zero attached hydrogens (tertiary/aromatic N) is 2. The normalized spacial score (nSPS) is 15.5. The van der Waals surface area contributed by atoms with Crippen LogP contribution in [-0.4, -0.2) is 34.7 Å². The van der Waals surface area contributed by atoms with Crippen LogP contribution in [-0.2, 0) is 22.6 Å². The average molecular weight is 437 g/mol.